The highest BCUT2D eigenvalue weighted by atomic mass is 16.4. The SMILES string of the molecule is Cc1ccc(-c2cnc(CCC(=O)NCC(Cc3ccccc3)N(C)C)o2)cc1. The molecule has 2 aromatic carbocycles. The molecule has 3 rings (SSSR count). The van der Waals surface area contributed by atoms with Gasteiger partial charge in [-0.25, -0.2) is 4.98 Å². The van der Waals surface area contributed by atoms with Crippen LogP contribution in [-0.2, 0) is 17.6 Å². The Morgan fingerprint density at radius 1 is 1.10 bits per heavy atom. The summed E-state index contributed by atoms with van der Waals surface area (Å²) in [5, 5.41) is 3.05. The van der Waals surface area contributed by atoms with Crippen molar-refractivity contribution in [3.05, 3.63) is 77.8 Å². The van der Waals surface area contributed by atoms with Crippen LogP contribution in [0.3, 0.4) is 0 Å². The van der Waals surface area contributed by atoms with Crippen molar-refractivity contribution in [2.45, 2.75) is 32.2 Å². The van der Waals surface area contributed by atoms with Crippen LogP contribution in [0.25, 0.3) is 11.3 Å². The molecule has 152 valence electrons. The van der Waals surface area contributed by atoms with Gasteiger partial charge < -0.3 is 14.6 Å². The third-order valence-corrected chi connectivity index (χ3v) is 5.03. The summed E-state index contributed by atoms with van der Waals surface area (Å²) in [7, 11) is 4.08. The predicted octanol–water partition coefficient (Wildman–Crippen LogP) is 3.87. The molecule has 0 bridgehead atoms. The smallest absolute Gasteiger partial charge is 0.220 e. The van der Waals surface area contributed by atoms with Gasteiger partial charge in [0.1, 0.15) is 0 Å². The molecular weight excluding hydrogens is 362 g/mol. The number of carbonyl (C=O) groups excluding carboxylic acids is 1. The first-order valence-electron chi connectivity index (χ1n) is 10.00. The van der Waals surface area contributed by atoms with Crippen LogP contribution in [0.5, 0.6) is 0 Å². The fourth-order valence-corrected chi connectivity index (χ4v) is 3.14. The van der Waals surface area contributed by atoms with Gasteiger partial charge in [-0.15, -0.1) is 0 Å². The Bertz CT molecular complexity index is 901. The maximum absolute atomic E-state index is 12.3. The predicted molar refractivity (Wildman–Crippen MR) is 116 cm³/mol. The average molecular weight is 392 g/mol. The lowest BCUT2D eigenvalue weighted by Gasteiger charge is -2.24. The molecule has 0 radical (unpaired) electrons. The Balaban J connectivity index is 1.47. The zero-order chi connectivity index (χ0) is 20.6. The van der Waals surface area contributed by atoms with Gasteiger partial charge in [0.2, 0.25) is 5.91 Å². The highest BCUT2D eigenvalue weighted by Gasteiger charge is 2.14. The second-order valence-corrected chi connectivity index (χ2v) is 7.60. The lowest BCUT2D eigenvalue weighted by molar-refractivity contribution is -0.121. The molecule has 0 spiro atoms. The number of likely N-dealkylation sites (N-methyl/N-ethyl adjacent to an activating group) is 1. The van der Waals surface area contributed by atoms with Gasteiger partial charge >= 0.3 is 0 Å². The summed E-state index contributed by atoms with van der Waals surface area (Å²) in [6.45, 7) is 2.66. The Labute approximate surface area is 172 Å². The fraction of sp³-hybridized carbons (Fsp3) is 0.333. The summed E-state index contributed by atoms with van der Waals surface area (Å²) < 4.78 is 5.80. The van der Waals surface area contributed by atoms with Crippen LogP contribution in [0.15, 0.2) is 65.2 Å². The molecule has 0 fully saturated rings. The van der Waals surface area contributed by atoms with Crippen LogP contribution in [0.1, 0.15) is 23.4 Å². The number of aryl methyl sites for hydroxylation is 2. The molecule has 29 heavy (non-hydrogen) atoms. The molecule has 3 aromatic rings. The van der Waals surface area contributed by atoms with E-state index in [-0.39, 0.29) is 11.9 Å². The van der Waals surface area contributed by atoms with E-state index in [1.165, 1.54) is 11.1 Å². The molecule has 5 nitrogen and oxygen atoms in total. The van der Waals surface area contributed by atoms with Crippen LogP contribution >= 0.6 is 0 Å². The number of carbonyl (C=O) groups is 1. The maximum Gasteiger partial charge on any atom is 0.220 e. The number of oxazole rings is 1. The van der Waals surface area contributed by atoms with Crippen molar-refractivity contribution < 1.29 is 9.21 Å². The highest BCUT2D eigenvalue weighted by Crippen LogP contribution is 2.21. The van der Waals surface area contributed by atoms with E-state index in [1.807, 2.05) is 56.6 Å². The molecule has 0 aliphatic heterocycles. The van der Waals surface area contributed by atoms with E-state index >= 15 is 0 Å². The number of benzene rings is 2. The first-order chi connectivity index (χ1) is 14.0. The van der Waals surface area contributed by atoms with Crippen molar-refractivity contribution in [3.63, 3.8) is 0 Å². The average Bonchev–Trinajstić information content (AvgIpc) is 3.19. The normalized spacial score (nSPS) is 12.1. The Morgan fingerprint density at radius 2 is 1.83 bits per heavy atom. The number of nitrogens with zero attached hydrogens (tertiary/aromatic N) is 2. The van der Waals surface area contributed by atoms with E-state index in [9.17, 15) is 4.79 Å². The van der Waals surface area contributed by atoms with Crippen molar-refractivity contribution in [3.8, 4) is 11.3 Å². The van der Waals surface area contributed by atoms with E-state index < -0.39 is 0 Å². The van der Waals surface area contributed by atoms with Gasteiger partial charge in [-0.05, 0) is 33.0 Å². The molecule has 1 heterocycles. The quantitative estimate of drug-likeness (QED) is 0.602. The summed E-state index contributed by atoms with van der Waals surface area (Å²) >= 11 is 0. The maximum atomic E-state index is 12.3. The van der Waals surface area contributed by atoms with Gasteiger partial charge in [0.25, 0.3) is 0 Å². The summed E-state index contributed by atoms with van der Waals surface area (Å²) in [6, 6.07) is 18.7. The summed E-state index contributed by atoms with van der Waals surface area (Å²) in [5.41, 5.74) is 3.46. The molecule has 5 heteroatoms. The lowest BCUT2D eigenvalue weighted by Crippen LogP contribution is -2.41. The van der Waals surface area contributed by atoms with E-state index in [0.717, 1.165) is 17.7 Å². The van der Waals surface area contributed by atoms with Crippen LogP contribution in [0.2, 0.25) is 0 Å². The van der Waals surface area contributed by atoms with Crippen LogP contribution in [0.4, 0.5) is 0 Å². The molecule has 1 N–H and O–H groups in total. The molecular formula is C24H29N3O2. The minimum Gasteiger partial charge on any atom is -0.441 e. The van der Waals surface area contributed by atoms with Crippen molar-refractivity contribution in [1.82, 2.24) is 15.2 Å². The van der Waals surface area contributed by atoms with Crippen molar-refractivity contribution >= 4 is 5.91 Å². The Morgan fingerprint density at radius 3 is 2.52 bits per heavy atom. The summed E-state index contributed by atoms with van der Waals surface area (Å²) in [6.07, 6.45) is 3.47. The van der Waals surface area contributed by atoms with Gasteiger partial charge in [0.05, 0.1) is 6.20 Å². The van der Waals surface area contributed by atoms with Crippen LogP contribution in [-0.4, -0.2) is 42.5 Å². The van der Waals surface area contributed by atoms with Gasteiger partial charge in [0, 0.05) is 31.0 Å². The van der Waals surface area contributed by atoms with Gasteiger partial charge in [-0.3, -0.25) is 4.79 Å². The number of rotatable bonds is 9. The molecule has 1 unspecified atom stereocenters. The van der Waals surface area contributed by atoms with E-state index in [1.54, 1.807) is 6.20 Å². The van der Waals surface area contributed by atoms with Gasteiger partial charge in [-0.2, -0.15) is 0 Å². The van der Waals surface area contributed by atoms with Crippen molar-refractivity contribution in [2.24, 2.45) is 0 Å². The van der Waals surface area contributed by atoms with Gasteiger partial charge in [-0.1, -0.05) is 60.2 Å². The number of hydrogen-bond acceptors (Lipinski definition) is 4. The summed E-state index contributed by atoms with van der Waals surface area (Å²) in [5.74, 6) is 1.33. The summed E-state index contributed by atoms with van der Waals surface area (Å²) in [4.78, 5) is 18.8. The third-order valence-electron chi connectivity index (χ3n) is 5.03. The Hall–Kier alpha value is -2.92. The third kappa shape index (κ3) is 6.29. The van der Waals surface area contributed by atoms with Gasteiger partial charge in [0.15, 0.2) is 11.7 Å². The topological polar surface area (TPSA) is 58.4 Å². The van der Waals surface area contributed by atoms with E-state index in [0.29, 0.717) is 25.3 Å². The standard InChI is InChI=1S/C24H29N3O2/c1-18-9-11-20(12-10-18)22-17-26-24(29-22)14-13-23(28)25-16-21(27(2)3)15-19-7-5-4-6-8-19/h4-12,17,21H,13-16H2,1-3H3,(H,25,28). The van der Waals surface area contributed by atoms with E-state index in [2.05, 4.69) is 34.3 Å². The second-order valence-electron chi connectivity index (χ2n) is 7.60. The number of hydrogen-bond donors (Lipinski definition) is 1. The minimum atomic E-state index is 0.0139. The molecule has 0 aliphatic carbocycles. The van der Waals surface area contributed by atoms with Crippen LogP contribution in [0, 0.1) is 6.92 Å². The van der Waals surface area contributed by atoms with Crippen molar-refractivity contribution in [1.29, 1.82) is 0 Å². The van der Waals surface area contributed by atoms with Crippen molar-refractivity contribution in [2.75, 3.05) is 20.6 Å². The largest absolute Gasteiger partial charge is 0.441 e. The zero-order valence-corrected chi connectivity index (χ0v) is 17.4. The van der Waals surface area contributed by atoms with E-state index in [4.69, 9.17) is 4.42 Å². The molecule has 0 aliphatic rings. The Kier molecular flexibility index (Phi) is 7.19. The molecule has 1 aromatic heterocycles. The highest BCUT2D eigenvalue weighted by molar-refractivity contribution is 5.76. The molecule has 0 saturated heterocycles. The monoisotopic (exact) mass is 391 g/mol. The molecule has 1 atom stereocenters. The second kappa shape index (κ2) is 10.0. The first kappa shape index (κ1) is 20.8. The lowest BCUT2D eigenvalue weighted by atomic mass is 10.1. The zero-order valence-electron chi connectivity index (χ0n) is 17.4. The minimum absolute atomic E-state index is 0.0139. The number of aromatic nitrogens is 1. The molecule has 1 amide bonds. The van der Waals surface area contributed by atoms with Crippen LogP contribution < -0.4 is 5.32 Å². The number of amides is 1. The fourth-order valence-electron chi connectivity index (χ4n) is 3.14. The molecule has 0 saturated carbocycles. The number of nitrogens with one attached hydrogen (secondary N) is 1. The first-order valence-corrected chi connectivity index (χ1v) is 10.00.